The van der Waals surface area contributed by atoms with Crippen molar-refractivity contribution < 1.29 is 9.53 Å². The highest BCUT2D eigenvalue weighted by Gasteiger charge is 1.99. The summed E-state index contributed by atoms with van der Waals surface area (Å²) in [5.74, 6) is 0.817. The van der Waals surface area contributed by atoms with Crippen LogP contribution in [0.5, 0.6) is 5.75 Å². The van der Waals surface area contributed by atoms with E-state index >= 15 is 0 Å². The Morgan fingerprint density at radius 2 is 1.90 bits per heavy atom. The Kier molecular flexibility index (Phi) is 8.36. The van der Waals surface area contributed by atoms with Crippen LogP contribution in [-0.4, -0.2) is 18.6 Å². The fourth-order valence-corrected chi connectivity index (χ4v) is 2.01. The molecular formula is C17H25NO2. The normalized spacial score (nSPS) is 10.2. The molecule has 0 saturated carbocycles. The van der Waals surface area contributed by atoms with Gasteiger partial charge in [0.15, 0.2) is 5.78 Å². The van der Waals surface area contributed by atoms with Gasteiger partial charge in [-0.15, -0.1) is 0 Å². The van der Waals surface area contributed by atoms with Gasteiger partial charge in [0.1, 0.15) is 5.75 Å². The zero-order chi connectivity index (χ0) is 14.6. The van der Waals surface area contributed by atoms with Crippen LogP contribution in [0, 0.1) is 5.41 Å². The van der Waals surface area contributed by atoms with Gasteiger partial charge < -0.3 is 10.1 Å². The number of ether oxygens (including phenoxy) is 1. The van der Waals surface area contributed by atoms with E-state index in [1.54, 1.807) is 0 Å². The van der Waals surface area contributed by atoms with Gasteiger partial charge in [-0.1, -0.05) is 38.3 Å². The third-order valence-electron chi connectivity index (χ3n) is 3.24. The summed E-state index contributed by atoms with van der Waals surface area (Å²) in [6.07, 6.45) is 7.89. The lowest BCUT2D eigenvalue weighted by Gasteiger charge is -2.07. The average Bonchev–Trinajstić information content (AvgIpc) is 2.48. The first-order chi connectivity index (χ1) is 9.76. The molecule has 110 valence electrons. The number of ketones is 1. The predicted molar refractivity (Wildman–Crippen MR) is 82.8 cm³/mol. The van der Waals surface area contributed by atoms with Gasteiger partial charge in [-0.05, 0) is 37.0 Å². The van der Waals surface area contributed by atoms with Crippen molar-refractivity contribution in [1.82, 2.24) is 0 Å². The van der Waals surface area contributed by atoms with Crippen molar-refractivity contribution in [2.45, 2.75) is 51.9 Å². The van der Waals surface area contributed by atoms with E-state index in [-0.39, 0.29) is 5.78 Å². The molecule has 20 heavy (non-hydrogen) atoms. The third kappa shape index (κ3) is 7.07. The second-order valence-electron chi connectivity index (χ2n) is 5.02. The van der Waals surface area contributed by atoms with Crippen LogP contribution in [0.3, 0.4) is 0 Å². The molecule has 0 fully saturated rings. The van der Waals surface area contributed by atoms with E-state index in [9.17, 15) is 4.79 Å². The Bertz CT molecular complexity index is 398. The minimum Gasteiger partial charge on any atom is -0.494 e. The van der Waals surface area contributed by atoms with E-state index < -0.39 is 0 Å². The van der Waals surface area contributed by atoms with Crippen molar-refractivity contribution >= 4 is 12.0 Å². The lowest BCUT2D eigenvalue weighted by molar-refractivity contribution is -0.112. The Hall–Kier alpha value is -1.64. The number of nitrogens with one attached hydrogen (secondary N) is 1. The first kappa shape index (κ1) is 16.4. The van der Waals surface area contributed by atoms with Crippen LogP contribution in [0.25, 0.3) is 0 Å². The molecule has 0 heterocycles. The van der Waals surface area contributed by atoms with Crippen molar-refractivity contribution in [1.29, 1.82) is 5.41 Å². The summed E-state index contributed by atoms with van der Waals surface area (Å²) in [7, 11) is 0. The largest absolute Gasteiger partial charge is 0.494 e. The molecule has 0 radical (unpaired) electrons. The summed E-state index contributed by atoms with van der Waals surface area (Å²) in [6.45, 7) is 2.99. The second kappa shape index (κ2) is 10.2. The summed E-state index contributed by atoms with van der Waals surface area (Å²) in [5, 5.41) is 6.84. The van der Waals surface area contributed by atoms with Crippen LogP contribution in [0.4, 0.5) is 0 Å². The molecule has 1 aromatic rings. The van der Waals surface area contributed by atoms with E-state index in [4.69, 9.17) is 10.1 Å². The smallest absolute Gasteiger partial charge is 0.173 e. The molecule has 3 nitrogen and oxygen atoms in total. The Morgan fingerprint density at radius 1 is 1.15 bits per heavy atom. The van der Waals surface area contributed by atoms with E-state index in [1.807, 2.05) is 12.1 Å². The lowest BCUT2D eigenvalue weighted by Crippen LogP contribution is -1.99. The molecule has 0 amide bonds. The van der Waals surface area contributed by atoms with E-state index in [0.717, 1.165) is 37.8 Å². The van der Waals surface area contributed by atoms with Crippen LogP contribution in [-0.2, 0) is 11.2 Å². The van der Waals surface area contributed by atoms with Crippen LogP contribution >= 0.6 is 0 Å². The average molecular weight is 275 g/mol. The Morgan fingerprint density at radius 3 is 2.55 bits per heavy atom. The molecule has 0 aliphatic heterocycles. The summed E-state index contributed by atoms with van der Waals surface area (Å²) in [5.41, 5.74) is 1.21. The second-order valence-corrected chi connectivity index (χ2v) is 5.02. The van der Waals surface area contributed by atoms with Crippen LogP contribution in [0.15, 0.2) is 24.3 Å². The fourth-order valence-electron chi connectivity index (χ4n) is 2.01. The number of Topliss-reactive ketones (excluding diaryl/α,β-unsaturated/α-hetero) is 1. The molecule has 0 bridgehead atoms. The van der Waals surface area contributed by atoms with E-state index in [0.29, 0.717) is 6.42 Å². The molecule has 1 rings (SSSR count). The molecule has 0 spiro atoms. The highest BCUT2D eigenvalue weighted by molar-refractivity contribution is 6.26. The standard InChI is InChI=1S/C17H25NO2/c1-2-3-4-5-13-20-17-11-9-15(10-12-17)7-6-8-16(19)14-18/h9-12,14,18H,2-8,13H2,1H3. The summed E-state index contributed by atoms with van der Waals surface area (Å²) >= 11 is 0. The highest BCUT2D eigenvalue weighted by Crippen LogP contribution is 2.14. The van der Waals surface area contributed by atoms with Crippen molar-refractivity contribution in [3.05, 3.63) is 29.8 Å². The fraction of sp³-hybridized carbons (Fsp3) is 0.529. The van der Waals surface area contributed by atoms with Gasteiger partial charge in [-0.3, -0.25) is 4.79 Å². The topological polar surface area (TPSA) is 50.2 Å². The molecule has 0 aliphatic carbocycles. The van der Waals surface area contributed by atoms with E-state index in [2.05, 4.69) is 19.1 Å². The summed E-state index contributed by atoms with van der Waals surface area (Å²) in [6, 6.07) is 8.09. The van der Waals surface area contributed by atoms with Gasteiger partial charge in [0.2, 0.25) is 0 Å². The van der Waals surface area contributed by atoms with Gasteiger partial charge in [-0.2, -0.15) is 0 Å². The number of carbonyl (C=O) groups excluding carboxylic acids is 1. The quantitative estimate of drug-likeness (QED) is 0.486. The number of rotatable bonds is 11. The Balaban J connectivity index is 2.22. The molecule has 3 heteroatoms. The van der Waals surface area contributed by atoms with Crippen LogP contribution in [0.2, 0.25) is 0 Å². The molecule has 1 aromatic carbocycles. The number of benzene rings is 1. The number of aryl methyl sites for hydroxylation is 1. The van der Waals surface area contributed by atoms with Gasteiger partial charge in [-0.25, -0.2) is 0 Å². The zero-order valence-corrected chi connectivity index (χ0v) is 12.4. The molecular weight excluding hydrogens is 250 g/mol. The molecule has 0 saturated heterocycles. The predicted octanol–water partition coefficient (Wildman–Crippen LogP) is 4.19. The Labute approximate surface area is 121 Å². The lowest BCUT2D eigenvalue weighted by atomic mass is 10.1. The van der Waals surface area contributed by atoms with Crippen LogP contribution < -0.4 is 4.74 Å². The number of hydrogen-bond acceptors (Lipinski definition) is 3. The molecule has 0 aliphatic rings. The highest BCUT2D eigenvalue weighted by atomic mass is 16.5. The third-order valence-corrected chi connectivity index (χ3v) is 3.24. The number of unbranched alkanes of at least 4 members (excludes halogenated alkanes) is 3. The van der Waals surface area contributed by atoms with Gasteiger partial charge in [0.25, 0.3) is 0 Å². The van der Waals surface area contributed by atoms with E-state index in [1.165, 1.54) is 24.8 Å². The first-order valence-corrected chi connectivity index (χ1v) is 7.51. The monoisotopic (exact) mass is 275 g/mol. The molecule has 0 unspecified atom stereocenters. The number of hydrogen-bond donors (Lipinski definition) is 1. The van der Waals surface area contributed by atoms with Gasteiger partial charge in [0.05, 0.1) is 12.8 Å². The maximum absolute atomic E-state index is 11.0. The zero-order valence-electron chi connectivity index (χ0n) is 12.4. The summed E-state index contributed by atoms with van der Waals surface area (Å²) in [4.78, 5) is 11.0. The van der Waals surface area contributed by atoms with Gasteiger partial charge in [0, 0.05) is 6.42 Å². The minimum atomic E-state index is -0.1000. The van der Waals surface area contributed by atoms with Gasteiger partial charge >= 0.3 is 0 Å². The minimum absolute atomic E-state index is 0.1000. The molecule has 1 N–H and O–H groups in total. The van der Waals surface area contributed by atoms with Crippen molar-refractivity contribution in [2.24, 2.45) is 0 Å². The van der Waals surface area contributed by atoms with Crippen molar-refractivity contribution in [3.63, 3.8) is 0 Å². The van der Waals surface area contributed by atoms with Crippen LogP contribution in [0.1, 0.15) is 51.0 Å². The van der Waals surface area contributed by atoms with Crippen molar-refractivity contribution in [2.75, 3.05) is 6.61 Å². The summed E-state index contributed by atoms with van der Waals surface area (Å²) < 4.78 is 5.68. The molecule has 0 aromatic heterocycles. The first-order valence-electron chi connectivity index (χ1n) is 7.51. The maximum atomic E-state index is 11.0. The van der Waals surface area contributed by atoms with Crippen molar-refractivity contribution in [3.8, 4) is 5.75 Å². The SMILES string of the molecule is CCCCCCOc1ccc(CCCC(=O)C=N)cc1. The molecule has 0 atom stereocenters. The maximum Gasteiger partial charge on any atom is 0.173 e. The number of carbonyl (C=O) groups is 1.